The molecule has 1 aromatic carbocycles. The van der Waals surface area contributed by atoms with Crippen molar-refractivity contribution in [3.63, 3.8) is 0 Å². The number of carboxylic acid groups (broad SMARTS) is 1. The number of rotatable bonds is 0. The molecule has 0 fully saturated rings. The lowest BCUT2D eigenvalue weighted by molar-refractivity contribution is 0.157. The summed E-state index contributed by atoms with van der Waals surface area (Å²) in [5.41, 5.74) is 4.33. The number of amides is 1. The van der Waals surface area contributed by atoms with Crippen molar-refractivity contribution in [2.24, 2.45) is 0 Å². The van der Waals surface area contributed by atoms with Gasteiger partial charge in [-0.25, -0.2) is 4.79 Å². The molecule has 0 radical (unpaired) electrons. The molecule has 0 unspecified atom stereocenters. The van der Waals surface area contributed by atoms with E-state index in [1.165, 1.54) is 10.5 Å². The van der Waals surface area contributed by atoms with Crippen LogP contribution in [0.25, 0.3) is 5.57 Å². The lowest BCUT2D eigenvalue weighted by atomic mass is 9.88. The molecule has 17 heavy (non-hydrogen) atoms. The van der Waals surface area contributed by atoms with Crippen LogP contribution in [0.1, 0.15) is 24.0 Å². The van der Waals surface area contributed by atoms with Crippen molar-refractivity contribution >= 4 is 11.7 Å². The Kier molecular flexibility index (Phi) is 2.25. The molecule has 86 valence electrons. The first kappa shape index (κ1) is 10.1. The van der Waals surface area contributed by atoms with Crippen LogP contribution in [-0.2, 0) is 6.54 Å². The summed E-state index contributed by atoms with van der Waals surface area (Å²) >= 11 is 0. The van der Waals surface area contributed by atoms with Gasteiger partial charge in [-0.1, -0.05) is 30.3 Å². The first-order chi connectivity index (χ1) is 8.27. The molecule has 3 heteroatoms. The third-order valence-electron chi connectivity index (χ3n) is 3.34. The zero-order valence-corrected chi connectivity index (χ0v) is 9.39. The van der Waals surface area contributed by atoms with Crippen molar-refractivity contribution in [1.82, 2.24) is 4.90 Å². The monoisotopic (exact) mass is 227 g/mol. The highest BCUT2D eigenvalue weighted by molar-refractivity contribution is 5.81. The predicted octanol–water partition coefficient (Wildman–Crippen LogP) is 3.24. The number of fused-ring (bicyclic) bond motifs is 2. The van der Waals surface area contributed by atoms with Crippen LogP contribution in [0.3, 0.4) is 0 Å². The Hall–Kier alpha value is -2.03. The molecule has 1 aliphatic heterocycles. The van der Waals surface area contributed by atoms with Crippen LogP contribution in [-0.4, -0.2) is 16.1 Å². The highest BCUT2D eigenvalue weighted by Gasteiger charge is 2.27. The van der Waals surface area contributed by atoms with Crippen molar-refractivity contribution in [2.75, 3.05) is 0 Å². The van der Waals surface area contributed by atoms with Crippen LogP contribution in [0.4, 0.5) is 4.79 Å². The Bertz CT molecular complexity index is 543. The fourth-order valence-electron chi connectivity index (χ4n) is 2.56. The molecule has 1 aromatic rings. The number of nitrogens with zero attached hydrogens (tertiary/aromatic N) is 1. The molecule has 0 atom stereocenters. The van der Waals surface area contributed by atoms with E-state index in [1.807, 2.05) is 30.4 Å². The van der Waals surface area contributed by atoms with Gasteiger partial charge in [-0.15, -0.1) is 0 Å². The average Bonchev–Trinajstić information content (AvgIpc) is 2.37. The third kappa shape index (κ3) is 1.55. The second-order valence-electron chi connectivity index (χ2n) is 4.33. The molecule has 1 amide bonds. The Morgan fingerprint density at radius 1 is 1.29 bits per heavy atom. The number of benzene rings is 1. The largest absolute Gasteiger partial charge is 0.465 e. The SMILES string of the molecule is O=C(O)N1Cc2ccccc2C2=C1C=CCC2. The molecular weight excluding hydrogens is 214 g/mol. The molecule has 1 aliphatic carbocycles. The summed E-state index contributed by atoms with van der Waals surface area (Å²) in [6.45, 7) is 0.453. The Balaban J connectivity index is 2.19. The molecule has 0 saturated carbocycles. The van der Waals surface area contributed by atoms with Crippen molar-refractivity contribution in [2.45, 2.75) is 19.4 Å². The summed E-state index contributed by atoms with van der Waals surface area (Å²) in [4.78, 5) is 12.7. The molecule has 1 N–H and O–H groups in total. The van der Waals surface area contributed by atoms with Gasteiger partial charge in [0.2, 0.25) is 0 Å². The van der Waals surface area contributed by atoms with Gasteiger partial charge in [0.1, 0.15) is 0 Å². The minimum absolute atomic E-state index is 0.453. The molecule has 0 spiro atoms. The van der Waals surface area contributed by atoms with E-state index in [4.69, 9.17) is 0 Å². The maximum Gasteiger partial charge on any atom is 0.412 e. The van der Waals surface area contributed by atoms with E-state index in [-0.39, 0.29) is 0 Å². The van der Waals surface area contributed by atoms with Gasteiger partial charge in [0, 0.05) is 0 Å². The summed E-state index contributed by atoms with van der Waals surface area (Å²) in [7, 11) is 0. The van der Waals surface area contributed by atoms with Crippen LogP contribution in [0, 0.1) is 0 Å². The second-order valence-corrected chi connectivity index (χ2v) is 4.33. The number of carbonyl (C=O) groups is 1. The maximum absolute atomic E-state index is 11.3. The van der Waals surface area contributed by atoms with Gasteiger partial charge in [-0.3, -0.25) is 4.90 Å². The third-order valence-corrected chi connectivity index (χ3v) is 3.34. The predicted molar refractivity (Wildman–Crippen MR) is 65.3 cm³/mol. The smallest absolute Gasteiger partial charge is 0.412 e. The quantitative estimate of drug-likeness (QED) is 0.739. The molecule has 3 rings (SSSR count). The van der Waals surface area contributed by atoms with E-state index in [0.717, 1.165) is 29.7 Å². The molecule has 1 heterocycles. The highest BCUT2D eigenvalue weighted by atomic mass is 16.4. The fourth-order valence-corrected chi connectivity index (χ4v) is 2.56. The van der Waals surface area contributed by atoms with Gasteiger partial charge in [0.05, 0.1) is 12.2 Å². The van der Waals surface area contributed by atoms with E-state index in [1.54, 1.807) is 0 Å². The second kappa shape index (κ2) is 3.77. The first-order valence-electron chi connectivity index (χ1n) is 5.76. The van der Waals surface area contributed by atoms with Crippen LogP contribution in [0.5, 0.6) is 0 Å². The summed E-state index contributed by atoms with van der Waals surface area (Å²) in [6.07, 6.45) is 5.01. The molecule has 0 saturated heterocycles. The number of hydrogen-bond donors (Lipinski definition) is 1. The van der Waals surface area contributed by atoms with E-state index >= 15 is 0 Å². The average molecular weight is 227 g/mol. The zero-order valence-electron chi connectivity index (χ0n) is 9.39. The number of allylic oxidation sites excluding steroid dienone is 3. The minimum Gasteiger partial charge on any atom is -0.465 e. The maximum atomic E-state index is 11.3. The fraction of sp³-hybridized carbons (Fsp3) is 0.214. The summed E-state index contributed by atoms with van der Waals surface area (Å²) < 4.78 is 0. The standard InChI is InChI=1S/C14H13NO2/c16-14(17)15-9-10-5-1-2-6-11(10)12-7-3-4-8-13(12)15/h1-2,4-6,8H,3,7,9H2,(H,16,17). The van der Waals surface area contributed by atoms with Gasteiger partial charge in [-0.2, -0.15) is 0 Å². The summed E-state index contributed by atoms with van der Waals surface area (Å²) in [5, 5.41) is 9.26. The van der Waals surface area contributed by atoms with Crippen molar-refractivity contribution in [3.8, 4) is 0 Å². The van der Waals surface area contributed by atoms with Crippen LogP contribution in [0.15, 0.2) is 42.1 Å². The minimum atomic E-state index is -0.876. The van der Waals surface area contributed by atoms with Crippen LogP contribution < -0.4 is 0 Å². The highest BCUT2D eigenvalue weighted by Crippen LogP contribution is 2.37. The van der Waals surface area contributed by atoms with Crippen molar-refractivity contribution in [3.05, 3.63) is 53.2 Å². The lowest BCUT2D eigenvalue weighted by Crippen LogP contribution is -2.32. The summed E-state index contributed by atoms with van der Waals surface area (Å²) in [5.74, 6) is 0. The van der Waals surface area contributed by atoms with Crippen LogP contribution in [0.2, 0.25) is 0 Å². The van der Waals surface area contributed by atoms with Gasteiger partial charge in [0.25, 0.3) is 0 Å². The van der Waals surface area contributed by atoms with E-state index in [9.17, 15) is 9.90 Å². The van der Waals surface area contributed by atoms with Gasteiger partial charge in [0.15, 0.2) is 0 Å². The van der Waals surface area contributed by atoms with Gasteiger partial charge >= 0.3 is 6.09 Å². The lowest BCUT2D eigenvalue weighted by Gasteiger charge is -2.32. The molecule has 3 nitrogen and oxygen atoms in total. The normalized spacial score (nSPS) is 17.8. The van der Waals surface area contributed by atoms with Crippen molar-refractivity contribution < 1.29 is 9.90 Å². The zero-order chi connectivity index (χ0) is 11.8. The van der Waals surface area contributed by atoms with Gasteiger partial charge < -0.3 is 5.11 Å². The number of hydrogen-bond acceptors (Lipinski definition) is 1. The van der Waals surface area contributed by atoms with Gasteiger partial charge in [-0.05, 0) is 35.6 Å². The molecular formula is C14H13NO2. The summed E-state index contributed by atoms with van der Waals surface area (Å²) in [6, 6.07) is 8.07. The van der Waals surface area contributed by atoms with Crippen LogP contribution >= 0.6 is 0 Å². The molecule has 2 aliphatic rings. The molecule has 0 bridgehead atoms. The Labute approximate surface area is 99.7 Å². The first-order valence-corrected chi connectivity index (χ1v) is 5.76. The van der Waals surface area contributed by atoms with E-state index in [2.05, 4.69) is 6.07 Å². The van der Waals surface area contributed by atoms with E-state index < -0.39 is 6.09 Å². The molecule has 0 aromatic heterocycles. The van der Waals surface area contributed by atoms with Crippen molar-refractivity contribution in [1.29, 1.82) is 0 Å². The topological polar surface area (TPSA) is 40.5 Å². The Morgan fingerprint density at radius 2 is 2.12 bits per heavy atom. The van der Waals surface area contributed by atoms with E-state index in [0.29, 0.717) is 6.54 Å². The Morgan fingerprint density at radius 3 is 2.94 bits per heavy atom.